The monoisotopic (exact) mass is 377 g/mol. The number of hydrogen-bond acceptors (Lipinski definition) is 3. The van der Waals surface area contributed by atoms with Crippen LogP contribution in [-0.2, 0) is 16.1 Å². The van der Waals surface area contributed by atoms with Gasteiger partial charge in [0.2, 0.25) is 11.8 Å². The van der Waals surface area contributed by atoms with Crippen molar-refractivity contribution in [2.75, 3.05) is 32.5 Å². The van der Waals surface area contributed by atoms with E-state index in [1.54, 1.807) is 19.2 Å². The summed E-state index contributed by atoms with van der Waals surface area (Å²) in [6, 6.07) is 12.9. The first kappa shape index (κ1) is 19.9. The molecule has 0 saturated carbocycles. The first-order valence-electron chi connectivity index (χ1n) is 8.06. The fraction of sp³-hybridized carbons (Fsp3) is 0.263. The quantitative estimate of drug-likeness (QED) is 0.807. The Bertz CT molecular complexity index is 750. The third-order valence-electron chi connectivity index (χ3n) is 3.71. The highest BCUT2D eigenvalue weighted by Gasteiger charge is 2.15. The molecule has 1 N–H and O–H groups in total. The van der Waals surface area contributed by atoms with Gasteiger partial charge in [-0.3, -0.25) is 14.5 Å². The zero-order valence-electron chi connectivity index (χ0n) is 14.7. The molecule has 0 aromatic heterocycles. The van der Waals surface area contributed by atoms with Crippen LogP contribution in [0.25, 0.3) is 0 Å². The van der Waals surface area contributed by atoms with Gasteiger partial charge in [-0.2, -0.15) is 0 Å². The van der Waals surface area contributed by atoms with Gasteiger partial charge in [0.05, 0.1) is 13.1 Å². The van der Waals surface area contributed by atoms with Crippen LogP contribution in [0.15, 0.2) is 48.5 Å². The smallest absolute Gasteiger partial charge is 0.243 e. The van der Waals surface area contributed by atoms with Crippen LogP contribution in [0.4, 0.5) is 10.1 Å². The number of carbonyl (C=O) groups excluding carboxylic acids is 2. The lowest BCUT2D eigenvalue weighted by atomic mass is 10.2. The molecule has 2 aromatic rings. The molecule has 0 radical (unpaired) electrons. The number of hydrogen-bond donors (Lipinski definition) is 1. The Morgan fingerprint density at radius 2 is 1.62 bits per heavy atom. The number of rotatable bonds is 7. The summed E-state index contributed by atoms with van der Waals surface area (Å²) in [7, 11) is 3.40. The van der Waals surface area contributed by atoms with Gasteiger partial charge in [0.1, 0.15) is 5.82 Å². The number of carbonyl (C=O) groups is 2. The summed E-state index contributed by atoms with van der Waals surface area (Å²) in [4.78, 5) is 27.5. The molecule has 0 heterocycles. The van der Waals surface area contributed by atoms with Crippen LogP contribution in [0.2, 0.25) is 5.02 Å². The third kappa shape index (κ3) is 6.46. The Balaban J connectivity index is 1.79. The molecule has 0 saturated heterocycles. The molecule has 5 nitrogen and oxygen atoms in total. The van der Waals surface area contributed by atoms with Crippen LogP contribution in [0.5, 0.6) is 0 Å². The third-order valence-corrected chi connectivity index (χ3v) is 3.96. The number of benzene rings is 2. The normalized spacial score (nSPS) is 10.7. The fourth-order valence-electron chi connectivity index (χ4n) is 2.35. The van der Waals surface area contributed by atoms with Crippen molar-refractivity contribution in [3.05, 3.63) is 64.9 Å². The highest BCUT2D eigenvalue weighted by Crippen LogP contribution is 2.11. The van der Waals surface area contributed by atoms with E-state index in [2.05, 4.69) is 5.32 Å². The lowest BCUT2D eigenvalue weighted by Crippen LogP contribution is -2.40. The summed E-state index contributed by atoms with van der Waals surface area (Å²) < 4.78 is 12.9. The maximum absolute atomic E-state index is 12.9. The zero-order chi connectivity index (χ0) is 19.1. The van der Waals surface area contributed by atoms with E-state index in [0.29, 0.717) is 17.3 Å². The molecule has 0 fully saturated rings. The molecule has 138 valence electrons. The van der Waals surface area contributed by atoms with Crippen molar-refractivity contribution in [3.63, 3.8) is 0 Å². The molecule has 7 heteroatoms. The molecule has 2 amide bonds. The Kier molecular flexibility index (Phi) is 7.12. The lowest BCUT2D eigenvalue weighted by Gasteiger charge is -2.21. The molecule has 26 heavy (non-hydrogen) atoms. The molecule has 0 aliphatic rings. The second-order valence-corrected chi connectivity index (χ2v) is 6.54. The van der Waals surface area contributed by atoms with Gasteiger partial charge in [-0.25, -0.2) is 4.39 Å². The van der Waals surface area contributed by atoms with Crippen molar-refractivity contribution in [2.45, 2.75) is 6.54 Å². The average molecular weight is 378 g/mol. The molecular formula is C19H21ClFN3O2. The number of nitrogens with zero attached hydrogens (tertiary/aromatic N) is 2. The second-order valence-electron chi connectivity index (χ2n) is 6.10. The molecular weight excluding hydrogens is 357 g/mol. The van der Waals surface area contributed by atoms with Crippen molar-refractivity contribution in [2.24, 2.45) is 0 Å². The molecule has 0 aliphatic carbocycles. The van der Waals surface area contributed by atoms with Crippen LogP contribution >= 0.6 is 11.6 Å². The van der Waals surface area contributed by atoms with Gasteiger partial charge in [0.15, 0.2) is 0 Å². The molecule has 0 spiro atoms. The highest BCUT2D eigenvalue weighted by molar-refractivity contribution is 6.30. The van der Waals surface area contributed by atoms with Crippen molar-refractivity contribution < 1.29 is 14.0 Å². The minimum Gasteiger partial charge on any atom is -0.335 e. The van der Waals surface area contributed by atoms with E-state index in [-0.39, 0.29) is 30.7 Å². The molecule has 2 aromatic carbocycles. The number of amides is 2. The summed E-state index contributed by atoms with van der Waals surface area (Å²) in [6.45, 7) is 0.701. The van der Waals surface area contributed by atoms with Gasteiger partial charge in [-0.15, -0.1) is 0 Å². The topological polar surface area (TPSA) is 52.7 Å². The van der Waals surface area contributed by atoms with Crippen molar-refractivity contribution in [1.29, 1.82) is 0 Å². The largest absolute Gasteiger partial charge is 0.335 e. The SMILES string of the molecule is CN(CC(=O)N(C)CC(=O)Nc1ccc(F)cc1)Cc1ccc(Cl)cc1. The van der Waals surface area contributed by atoms with Gasteiger partial charge in [-0.05, 0) is 49.0 Å². The zero-order valence-corrected chi connectivity index (χ0v) is 15.5. The van der Waals surface area contributed by atoms with Gasteiger partial charge in [0, 0.05) is 24.3 Å². The molecule has 0 bridgehead atoms. The first-order chi connectivity index (χ1) is 12.3. The standard InChI is InChI=1S/C19H21ClFN3O2/c1-23(11-14-3-5-15(20)6-4-14)13-19(26)24(2)12-18(25)22-17-9-7-16(21)8-10-17/h3-10H,11-13H2,1-2H3,(H,22,25). The van der Waals surface area contributed by atoms with E-state index in [1.807, 2.05) is 24.1 Å². The summed E-state index contributed by atoms with van der Waals surface area (Å²) >= 11 is 5.86. The van der Waals surface area contributed by atoms with Crippen LogP contribution < -0.4 is 5.32 Å². The lowest BCUT2D eigenvalue weighted by molar-refractivity contribution is -0.134. The van der Waals surface area contributed by atoms with Gasteiger partial charge in [0.25, 0.3) is 0 Å². The van der Waals surface area contributed by atoms with E-state index in [1.165, 1.54) is 29.2 Å². The maximum atomic E-state index is 12.9. The summed E-state index contributed by atoms with van der Waals surface area (Å²) in [5.41, 5.74) is 1.53. The van der Waals surface area contributed by atoms with Crippen LogP contribution in [0.3, 0.4) is 0 Å². The molecule has 0 unspecified atom stereocenters. The summed E-state index contributed by atoms with van der Waals surface area (Å²) in [5.74, 6) is -0.887. The predicted octanol–water partition coefficient (Wildman–Crippen LogP) is 3.01. The van der Waals surface area contributed by atoms with E-state index < -0.39 is 0 Å². The van der Waals surface area contributed by atoms with E-state index in [9.17, 15) is 14.0 Å². The minimum absolute atomic E-state index is 0.0784. The van der Waals surface area contributed by atoms with Crippen LogP contribution in [0, 0.1) is 5.82 Å². The van der Waals surface area contributed by atoms with Crippen molar-refractivity contribution in [1.82, 2.24) is 9.80 Å². The number of anilines is 1. The Morgan fingerprint density at radius 1 is 1.00 bits per heavy atom. The Hall–Kier alpha value is -2.44. The van der Waals surface area contributed by atoms with Crippen molar-refractivity contribution >= 4 is 29.1 Å². The second kappa shape index (κ2) is 9.31. The number of nitrogens with one attached hydrogen (secondary N) is 1. The average Bonchev–Trinajstić information content (AvgIpc) is 2.58. The maximum Gasteiger partial charge on any atom is 0.243 e. The van der Waals surface area contributed by atoms with Crippen molar-refractivity contribution in [3.8, 4) is 0 Å². The summed E-state index contributed by atoms with van der Waals surface area (Å²) in [5, 5.41) is 3.29. The first-order valence-corrected chi connectivity index (χ1v) is 8.43. The highest BCUT2D eigenvalue weighted by atomic mass is 35.5. The van der Waals surface area contributed by atoms with Crippen LogP contribution in [0.1, 0.15) is 5.56 Å². The van der Waals surface area contributed by atoms with Gasteiger partial charge in [-0.1, -0.05) is 23.7 Å². The van der Waals surface area contributed by atoms with Gasteiger partial charge < -0.3 is 10.2 Å². The Morgan fingerprint density at radius 3 is 2.23 bits per heavy atom. The number of halogens is 2. The Labute approximate surface area is 157 Å². The summed E-state index contributed by atoms with van der Waals surface area (Å²) in [6.07, 6.45) is 0. The van der Waals surface area contributed by atoms with Crippen LogP contribution in [-0.4, -0.2) is 48.8 Å². The fourth-order valence-corrected chi connectivity index (χ4v) is 2.47. The molecule has 0 atom stereocenters. The minimum atomic E-state index is -0.376. The van der Waals surface area contributed by atoms with E-state index in [4.69, 9.17) is 11.6 Å². The molecule has 0 aliphatic heterocycles. The molecule has 2 rings (SSSR count). The number of likely N-dealkylation sites (N-methyl/N-ethyl adjacent to an activating group) is 2. The van der Waals surface area contributed by atoms with E-state index in [0.717, 1.165) is 5.56 Å². The predicted molar refractivity (Wildman–Crippen MR) is 100 cm³/mol. The van der Waals surface area contributed by atoms with Gasteiger partial charge >= 0.3 is 0 Å². The van der Waals surface area contributed by atoms with E-state index >= 15 is 0 Å².